The quantitative estimate of drug-likeness (QED) is 0.331. The number of Topliss-reactive ketones (excluding diaryl/α,β-unsaturated/α-hetero) is 1. The van der Waals surface area contributed by atoms with Gasteiger partial charge < -0.3 is 4.43 Å². The molecule has 0 fully saturated rings. The van der Waals surface area contributed by atoms with E-state index in [1.54, 1.807) is 0 Å². The first-order valence-electron chi connectivity index (χ1n) is 9.72. The molecule has 2 aromatic carbocycles. The van der Waals surface area contributed by atoms with Crippen LogP contribution in [0.2, 0.25) is 13.1 Å². The van der Waals surface area contributed by atoms with Gasteiger partial charge >= 0.3 is 0 Å². The smallest absolute Gasteiger partial charge is 0.220 e. The van der Waals surface area contributed by atoms with Gasteiger partial charge in [-0.1, -0.05) is 80.6 Å². The Morgan fingerprint density at radius 2 is 1.56 bits per heavy atom. The molecule has 2 nitrogen and oxygen atoms in total. The van der Waals surface area contributed by atoms with Crippen LogP contribution in [0.4, 0.5) is 0 Å². The van der Waals surface area contributed by atoms with Crippen molar-refractivity contribution < 1.29 is 9.22 Å². The Morgan fingerprint density at radius 1 is 1.04 bits per heavy atom. The largest absolute Gasteiger partial charge is 0.397 e. The van der Waals surface area contributed by atoms with Crippen LogP contribution in [-0.4, -0.2) is 19.7 Å². The molecule has 0 bridgehead atoms. The lowest BCUT2D eigenvalue weighted by Crippen LogP contribution is -2.56. The van der Waals surface area contributed by atoms with Crippen molar-refractivity contribution >= 4 is 19.3 Å². The number of allylic oxidation sites excluding steroid dienone is 1. The SMILES string of the molecule is C/C=C(\C)[C@](CC(C)C)(O[Si](C)(C)c1ccccc1)C(=O)c1ccccc1. The van der Waals surface area contributed by atoms with Gasteiger partial charge in [0.1, 0.15) is 5.60 Å². The van der Waals surface area contributed by atoms with Crippen LogP contribution in [0.1, 0.15) is 44.5 Å². The average molecular weight is 381 g/mol. The molecule has 0 spiro atoms. The average Bonchev–Trinajstić information content (AvgIpc) is 2.67. The van der Waals surface area contributed by atoms with Crippen molar-refractivity contribution in [1.82, 2.24) is 0 Å². The molecule has 0 amide bonds. The van der Waals surface area contributed by atoms with E-state index in [0.29, 0.717) is 17.9 Å². The van der Waals surface area contributed by atoms with Crippen molar-refractivity contribution in [2.75, 3.05) is 0 Å². The Balaban J connectivity index is 2.59. The van der Waals surface area contributed by atoms with Crippen LogP contribution in [0.5, 0.6) is 0 Å². The summed E-state index contributed by atoms with van der Waals surface area (Å²) in [5, 5.41) is 1.20. The van der Waals surface area contributed by atoms with Crippen molar-refractivity contribution in [2.24, 2.45) is 5.92 Å². The molecular formula is C24H32O2Si. The predicted molar refractivity (Wildman–Crippen MR) is 117 cm³/mol. The standard InChI is InChI=1S/C24H32O2Si/c1-7-20(4)24(18-19(2)3,23(25)21-14-10-8-11-15-21)26-27(5,6)22-16-12-9-13-17-22/h7-17,19H,18H2,1-6H3/b20-7+/t24-/m0/s1. The lowest BCUT2D eigenvalue weighted by Gasteiger charge is -2.41. The Bertz CT molecular complexity index is 779. The van der Waals surface area contributed by atoms with Gasteiger partial charge in [-0.2, -0.15) is 0 Å². The first-order chi connectivity index (χ1) is 12.7. The minimum absolute atomic E-state index is 0.0592. The highest BCUT2D eigenvalue weighted by Gasteiger charge is 2.46. The molecule has 0 N–H and O–H groups in total. The van der Waals surface area contributed by atoms with Crippen molar-refractivity contribution in [3.8, 4) is 0 Å². The molecule has 0 aromatic heterocycles. The molecule has 3 heteroatoms. The number of hydrogen-bond acceptors (Lipinski definition) is 2. The molecular weight excluding hydrogens is 348 g/mol. The van der Waals surface area contributed by atoms with Crippen LogP contribution in [0.25, 0.3) is 0 Å². The lowest BCUT2D eigenvalue weighted by atomic mass is 9.80. The fourth-order valence-electron chi connectivity index (χ4n) is 3.57. The Kier molecular flexibility index (Phi) is 6.96. The molecule has 0 saturated heterocycles. The molecule has 0 radical (unpaired) electrons. The van der Waals surface area contributed by atoms with E-state index in [2.05, 4.69) is 39.1 Å². The van der Waals surface area contributed by atoms with Gasteiger partial charge in [-0.3, -0.25) is 4.79 Å². The van der Waals surface area contributed by atoms with Crippen LogP contribution in [0, 0.1) is 5.92 Å². The Hall–Kier alpha value is -1.97. The molecule has 0 heterocycles. The molecule has 0 unspecified atom stereocenters. The van der Waals surface area contributed by atoms with Gasteiger partial charge in [0.25, 0.3) is 0 Å². The van der Waals surface area contributed by atoms with Crippen LogP contribution in [-0.2, 0) is 4.43 Å². The van der Waals surface area contributed by atoms with Gasteiger partial charge in [-0.15, -0.1) is 0 Å². The molecule has 0 aliphatic heterocycles. The molecule has 2 aromatic rings. The van der Waals surface area contributed by atoms with Crippen LogP contribution < -0.4 is 5.19 Å². The van der Waals surface area contributed by atoms with Gasteiger partial charge in [0, 0.05) is 5.56 Å². The third kappa shape index (κ3) is 4.85. The number of rotatable bonds is 8. The number of carbonyl (C=O) groups is 1. The molecule has 2 rings (SSSR count). The summed E-state index contributed by atoms with van der Waals surface area (Å²) in [5.74, 6) is 0.386. The summed E-state index contributed by atoms with van der Waals surface area (Å²) in [6, 6.07) is 19.9. The second-order valence-corrected chi connectivity index (χ2v) is 11.9. The summed E-state index contributed by atoms with van der Waals surface area (Å²) < 4.78 is 6.91. The first-order valence-corrected chi connectivity index (χ1v) is 12.6. The van der Waals surface area contributed by atoms with E-state index in [4.69, 9.17) is 4.43 Å². The fourth-order valence-corrected chi connectivity index (χ4v) is 5.89. The molecule has 0 aliphatic carbocycles. The molecule has 1 atom stereocenters. The fraction of sp³-hybridized carbons (Fsp3) is 0.375. The van der Waals surface area contributed by atoms with E-state index in [1.807, 2.05) is 68.5 Å². The summed E-state index contributed by atoms with van der Waals surface area (Å²) in [6.07, 6.45) is 2.69. The molecule has 144 valence electrons. The van der Waals surface area contributed by atoms with E-state index in [-0.39, 0.29) is 5.78 Å². The summed E-state index contributed by atoms with van der Waals surface area (Å²) >= 11 is 0. The van der Waals surface area contributed by atoms with Crippen molar-refractivity contribution in [1.29, 1.82) is 0 Å². The van der Waals surface area contributed by atoms with Gasteiger partial charge in [0.05, 0.1) is 0 Å². The zero-order valence-electron chi connectivity index (χ0n) is 17.5. The predicted octanol–water partition coefficient (Wildman–Crippen LogP) is 5.75. The number of ketones is 1. The highest BCUT2D eigenvalue weighted by atomic mass is 28.4. The van der Waals surface area contributed by atoms with E-state index in [9.17, 15) is 4.79 Å². The molecule has 27 heavy (non-hydrogen) atoms. The number of hydrogen-bond donors (Lipinski definition) is 0. The summed E-state index contributed by atoms with van der Waals surface area (Å²) in [7, 11) is -2.32. The lowest BCUT2D eigenvalue weighted by molar-refractivity contribution is 0.0482. The normalized spacial score (nSPS) is 14.9. The maximum atomic E-state index is 13.8. The highest BCUT2D eigenvalue weighted by Crippen LogP contribution is 2.36. The number of benzene rings is 2. The molecule has 0 aliphatic rings. The van der Waals surface area contributed by atoms with Crippen LogP contribution >= 0.6 is 0 Å². The highest BCUT2D eigenvalue weighted by molar-refractivity contribution is 6.84. The molecule has 0 saturated carbocycles. The minimum Gasteiger partial charge on any atom is -0.397 e. The zero-order valence-corrected chi connectivity index (χ0v) is 18.5. The first kappa shape index (κ1) is 21.3. The summed E-state index contributed by atoms with van der Waals surface area (Å²) in [6.45, 7) is 12.7. The van der Waals surface area contributed by atoms with Gasteiger partial charge in [0.2, 0.25) is 8.32 Å². The summed E-state index contributed by atoms with van der Waals surface area (Å²) in [4.78, 5) is 13.8. The van der Waals surface area contributed by atoms with Crippen molar-refractivity contribution in [3.05, 3.63) is 77.9 Å². The van der Waals surface area contributed by atoms with Crippen LogP contribution in [0.15, 0.2) is 72.3 Å². The topological polar surface area (TPSA) is 26.3 Å². The second kappa shape index (κ2) is 8.81. The van der Waals surface area contributed by atoms with E-state index in [1.165, 1.54) is 5.19 Å². The summed E-state index contributed by atoms with van der Waals surface area (Å²) in [5.41, 5.74) is 0.759. The van der Waals surface area contributed by atoms with Gasteiger partial charge in [-0.25, -0.2) is 0 Å². The minimum atomic E-state index is -2.32. The Labute approximate surface area is 165 Å². The Morgan fingerprint density at radius 3 is 2.04 bits per heavy atom. The zero-order chi connectivity index (χ0) is 20.1. The van der Waals surface area contributed by atoms with E-state index < -0.39 is 13.9 Å². The third-order valence-electron chi connectivity index (χ3n) is 5.07. The van der Waals surface area contributed by atoms with E-state index >= 15 is 0 Å². The number of carbonyl (C=O) groups excluding carboxylic acids is 1. The maximum Gasteiger partial charge on any atom is 0.220 e. The van der Waals surface area contributed by atoms with Gasteiger partial charge in [-0.05, 0) is 50.0 Å². The third-order valence-corrected chi connectivity index (χ3v) is 7.65. The maximum absolute atomic E-state index is 13.8. The van der Waals surface area contributed by atoms with E-state index in [0.717, 1.165) is 5.57 Å². The van der Waals surface area contributed by atoms with Crippen molar-refractivity contribution in [3.63, 3.8) is 0 Å². The monoisotopic (exact) mass is 380 g/mol. The van der Waals surface area contributed by atoms with Crippen molar-refractivity contribution in [2.45, 2.75) is 52.8 Å². The van der Waals surface area contributed by atoms with Crippen LogP contribution in [0.3, 0.4) is 0 Å². The second-order valence-electron chi connectivity index (χ2n) is 8.07. The van der Waals surface area contributed by atoms with Gasteiger partial charge in [0.15, 0.2) is 5.78 Å².